The molecule has 0 aromatic heterocycles. The zero-order valence-electron chi connectivity index (χ0n) is 7.69. The van der Waals surface area contributed by atoms with Gasteiger partial charge in [0.2, 0.25) is 0 Å². The van der Waals surface area contributed by atoms with E-state index in [1.54, 1.807) is 11.8 Å². The van der Waals surface area contributed by atoms with E-state index in [1.165, 1.54) is 0 Å². The fourth-order valence-electron chi connectivity index (χ4n) is 1.11. The molecule has 3 heteroatoms. The monoisotopic (exact) mass is 221 g/mol. The van der Waals surface area contributed by atoms with Crippen molar-refractivity contribution < 1.29 is 0 Å². The Balaban J connectivity index is 2.75. The molecule has 0 heterocycles. The molecular formula is C11H11NS2. The van der Waals surface area contributed by atoms with E-state index in [-0.39, 0.29) is 0 Å². The molecule has 0 radical (unpaired) electrons. The van der Waals surface area contributed by atoms with E-state index in [2.05, 4.69) is 5.92 Å². The van der Waals surface area contributed by atoms with Gasteiger partial charge < -0.3 is 5.73 Å². The van der Waals surface area contributed by atoms with Crippen LogP contribution in [-0.2, 0) is 5.75 Å². The normalized spacial score (nSPS) is 9.36. The van der Waals surface area contributed by atoms with Gasteiger partial charge in [-0.15, -0.1) is 18.2 Å². The molecule has 0 aliphatic rings. The number of hydrogen-bond donors (Lipinski definition) is 1. The molecule has 0 saturated carbocycles. The second-order valence-electron chi connectivity index (χ2n) is 2.72. The molecule has 0 aliphatic heterocycles. The average molecular weight is 221 g/mol. The lowest BCUT2D eigenvalue weighted by Crippen LogP contribution is -2.11. The fraction of sp³-hybridized carbons (Fsp3) is 0.182. The fourth-order valence-corrected chi connectivity index (χ4v) is 2.00. The number of thiocarbonyl (C=S) groups is 1. The average Bonchev–Trinajstić information content (AvgIpc) is 2.19. The highest BCUT2D eigenvalue weighted by molar-refractivity contribution is 7.98. The quantitative estimate of drug-likeness (QED) is 0.479. The molecule has 0 fully saturated rings. The summed E-state index contributed by atoms with van der Waals surface area (Å²) in [6.07, 6.45) is 5.17. The first-order valence-corrected chi connectivity index (χ1v) is 5.71. The maximum atomic E-state index is 5.60. The number of benzene rings is 1. The van der Waals surface area contributed by atoms with E-state index in [1.807, 2.05) is 24.3 Å². The lowest BCUT2D eigenvalue weighted by Gasteiger charge is -2.06. The summed E-state index contributed by atoms with van der Waals surface area (Å²) in [7, 11) is 0. The van der Waals surface area contributed by atoms with Crippen molar-refractivity contribution >= 4 is 29.0 Å². The molecule has 1 aromatic carbocycles. The number of hydrogen-bond acceptors (Lipinski definition) is 2. The van der Waals surface area contributed by atoms with E-state index in [9.17, 15) is 0 Å². The predicted octanol–water partition coefficient (Wildman–Crippen LogP) is 2.19. The largest absolute Gasteiger partial charge is 0.389 e. The van der Waals surface area contributed by atoms with E-state index >= 15 is 0 Å². The molecule has 0 saturated heterocycles. The standard InChI is InChI=1S/C11H11NS2/c1-2-7-14-8-9-5-3-4-6-10(9)11(12)13/h1,3-6H,7-8H2,(H2,12,13). The maximum Gasteiger partial charge on any atom is 0.104 e. The highest BCUT2D eigenvalue weighted by Crippen LogP contribution is 2.16. The van der Waals surface area contributed by atoms with Gasteiger partial charge in [-0.05, 0) is 5.56 Å². The van der Waals surface area contributed by atoms with Crippen LogP contribution in [0.4, 0.5) is 0 Å². The Morgan fingerprint density at radius 2 is 2.21 bits per heavy atom. The van der Waals surface area contributed by atoms with Gasteiger partial charge in [-0.25, -0.2) is 0 Å². The summed E-state index contributed by atoms with van der Waals surface area (Å²) < 4.78 is 0. The minimum Gasteiger partial charge on any atom is -0.389 e. The Hall–Kier alpha value is -0.980. The molecule has 2 N–H and O–H groups in total. The van der Waals surface area contributed by atoms with Crippen LogP contribution < -0.4 is 5.73 Å². The van der Waals surface area contributed by atoms with Gasteiger partial charge in [-0.3, -0.25) is 0 Å². The minimum absolute atomic E-state index is 0.446. The maximum absolute atomic E-state index is 5.60. The number of rotatable bonds is 4. The Morgan fingerprint density at radius 3 is 2.86 bits per heavy atom. The summed E-state index contributed by atoms with van der Waals surface area (Å²) in [5, 5.41) is 0. The summed E-state index contributed by atoms with van der Waals surface area (Å²) in [6.45, 7) is 0. The summed E-state index contributed by atoms with van der Waals surface area (Å²) in [5.74, 6) is 4.16. The molecule has 1 rings (SSSR count). The van der Waals surface area contributed by atoms with Crippen LogP contribution in [0, 0.1) is 12.3 Å². The van der Waals surface area contributed by atoms with Gasteiger partial charge in [0.05, 0.1) is 5.75 Å². The van der Waals surface area contributed by atoms with Crippen LogP contribution >= 0.6 is 24.0 Å². The molecule has 1 aromatic rings. The van der Waals surface area contributed by atoms with Crippen molar-refractivity contribution in [1.82, 2.24) is 0 Å². The zero-order valence-corrected chi connectivity index (χ0v) is 9.33. The smallest absolute Gasteiger partial charge is 0.104 e. The van der Waals surface area contributed by atoms with Crippen molar-refractivity contribution in [3.63, 3.8) is 0 Å². The predicted molar refractivity (Wildman–Crippen MR) is 67.3 cm³/mol. The van der Waals surface area contributed by atoms with Crippen molar-refractivity contribution in [3.05, 3.63) is 35.4 Å². The lowest BCUT2D eigenvalue weighted by molar-refractivity contribution is 1.39. The van der Waals surface area contributed by atoms with Crippen molar-refractivity contribution in [1.29, 1.82) is 0 Å². The number of thioether (sulfide) groups is 1. The van der Waals surface area contributed by atoms with E-state index in [0.717, 1.165) is 16.9 Å². The van der Waals surface area contributed by atoms with Gasteiger partial charge in [0.1, 0.15) is 4.99 Å². The summed E-state index contributed by atoms with van der Waals surface area (Å²) >= 11 is 6.64. The molecule has 0 amide bonds. The zero-order chi connectivity index (χ0) is 10.4. The third kappa shape index (κ3) is 3.06. The Labute approximate surface area is 94.1 Å². The first-order chi connectivity index (χ1) is 6.75. The van der Waals surface area contributed by atoms with Gasteiger partial charge in [0.25, 0.3) is 0 Å². The van der Waals surface area contributed by atoms with Crippen LogP contribution in [0.5, 0.6) is 0 Å². The van der Waals surface area contributed by atoms with Crippen molar-refractivity contribution in [2.75, 3.05) is 5.75 Å². The topological polar surface area (TPSA) is 26.0 Å². The van der Waals surface area contributed by atoms with Crippen LogP contribution in [0.25, 0.3) is 0 Å². The third-order valence-electron chi connectivity index (χ3n) is 1.73. The highest BCUT2D eigenvalue weighted by Gasteiger charge is 2.03. The van der Waals surface area contributed by atoms with Crippen LogP contribution in [0.15, 0.2) is 24.3 Å². The van der Waals surface area contributed by atoms with E-state index in [0.29, 0.717) is 10.7 Å². The summed E-state index contributed by atoms with van der Waals surface area (Å²) in [6, 6.07) is 7.88. The minimum atomic E-state index is 0.446. The second-order valence-corrected chi connectivity index (χ2v) is 4.14. The first kappa shape index (κ1) is 11.1. The highest BCUT2D eigenvalue weighted by atomic mass is 32.2. The van der Waals surface area contributed by atoms with Crippen LogP contribution in [0.2, 0.25) is 0 Å². The molecule has 0 atom stereocenters. The molecule has 1 nitrogen and oxygen atoms in total. The molecule has 72 valence electrons. The van der Waals surface area contributed by atoms with Gasteiger partial charge in [0, 0.05) is 11.3 Å². The molecular weight excluding hydrogens is 210 g/mol. The Morgan fingerprint density at radius 1 is 1.50 bits per heavy atom. The molecule has 0 bridgehead atoms. The van der Waals surface area contributed by atoms with Crippen molar-refractivity contribution in [3.8, 4) is 12.3 Å². The SMILES string of the molecule is C#CCSCc1ccccc1C(N)=S. The van der Waals surface area contributed by atoms with Gasteiger partial charge in [-0.1, -0.05) is 42.4 Å². The third-order valence-corrected chi connectivity index (χ3v) is 2.83. The van der Waals surface area contributed by atoms with Crippen LogP contribution in [-0.4, -0.2) is 10.7 Å². The van der Waals surface area contributed by atoms with Crippen molar-refractivity contribution in [2.45, 2.75) is 5.75 Å². The Bertz CT molecular complexity index is 366. The molecule has 0 unspecified atom stereocenters. The van der Waals surface area contributed by atoms with Gasteiger partial charge in [0.15, 0.2) is 0 Å². The molecule has 14 heavy (non-hydrogen) atoms. The van der Waals surface area contributed by atoms with Crippen molar-refractivity contribution in [2.24, 2.45) is 5.73 Å². The first-order valence-electron chi connectivity index (χ1n) is 4.14. The van der Waals surface area contributed by atoms with Gasteiger partial charge in [-0.2, -0.15) is 0 Å². The summed E-state index contributed by atoms with van der Waals surface area (Å²) in [5.41, 5.74) is 7.70. The van der Waals surface area contributed by atoms with E-state index < -0.39 is 0 Å². The molecule has 0 aliphatic carbocycles. The Kier molecular flexibility index (Phi) is 4.51. The second kappa shape index (κ2) is 5.69. The lowest BCUT2D eigenvalue weighted by atomic mass is 10.1. The number of nitrogens with two attached hydrogens (primary N) is 1. The molecule has 0 spiro atoms. The van der Waals surface area contributed by atoms with E-state index in [4.69, 9.17) is 24.4 Å². The number of terminal acetylenes is 1. The van der Waals surface area contributed by atoms with Crippen LogP contribution in [0.3, 0.4) is 0 Å². The summed E-state index contributed by atoms with van der Waals surface area (Å²) in [4.78, 5) is 0.446. The van der Waals surface area contributed by atoms with Gasteiger partial charge >= 0.3 is 0 Å². The van der Waals surface area contributed by atoms with Crippen LogP contribution in [0.1, 0.15) is 11.1 Å².